The van der Waals surface area contributed by atoms with Crippen LogP contribution in [-0.4, -0.2) is 69.8 Å². The van der Waals surface area contributed by atoms with Crippen LogP contribution in [0.15, 0.2) is 24.3 Å². The zero-order valence-electron chi connectivity index (χ0n) is 13.1. The van der Waals surface area contributed by atoms with Gasteiger partial charge in [-0.15, -0.1) is 0 Å². The first-order valence-electron chi connectivity index (χ1n) is 7.33. The number of benzene rings is 1. The third kappa shape index (κ3) is 3.72. The minimum atomic E-state index is 0.454. The van der Waals surface area contributed by atoms with Gasteiger partial charge in [0.2, 0.25) is 0 Å². The summed E-state index contributed by atoms with van der Waals surface area (Å²) in [6.07, 6.45) is 1.02. The van der Waals surface area contributed by atoms with E-state index >= 15 is 0 Å². The quantitative estimate of drug-likeness (QED) is 0.871. The van der Waals surface area contributed by atoms with E-state index in [2.05, 4.69) is 54.5 Å². The average Bonchev–Trinajstić information content (AvgIpc) is 2.47. The second-order valence-corrected chi connectivity index (χ2v) is 5.76. The van der Waals surface area contributed by atoms with E-state index in [-0.39, 0.29) is 0 Å². The highest BCUT2D eigenvalue weighted by Crippen LogP contribution is 2.17. The Morgan fingerprint density at radius 2 is 2.15 bits per heavy atom. The third-order valence-corrected chi connectivity index (χ3v) is 4.32. The Bertz CT molecular complexity index is 424. The van der Waals surface area contributed by atoms with Crippen molar-refractivity contribution in [3.05, 3.63) is 29.8 Å². The van der Waals surface area contributed by atoms with Crippen LogP contribution < -0.4 is 10.1 Å². The molecule has 0 bridgehead atoms. The molecule has 112 valence electrons. The molecule has 1 heterocycles. The standard InChI is InChI=1S/C16H27N3O/c1-17-15(16-12-18(2)8-9-19(16)3)11-13-6-5-7-14(10-13)20-4/h5-7,10,15-17H,8-9,11-12H2,1-4H3. The minimum Gasteiger partial charge on any atom is -0.497 e. The first kappa shape index (κ1) is 15.3. The molecule has 0 radical (unpaired) electrons. The molecular formula is C16H27N3O. The maximum atomic E-state index is 5.31. The molecule has 1 saturated heterocycles. The zero-order valence-corrected chi connectivity index (χ0v) is 13.1. The van der Waals surface area contributed by atoms with Crippen LogP contribution in [0.2, 0.25) is 0 Å². The van der Waals surface area contributed by atoms with Gasteiger partial charge in [0.15, 0.2) is 0 Å². The largest absolute Gasteiger partial charge is 0.497 e. The number of likely N-dealkylation sites (N-methyl/N-ethyl adjacent to an activating group) is 3. The van der Waals surface area contributed by atoms with E-state index in [4.69, 9.17) is 4.74 Å². The van der Waals surface area contributed by atoms with Crippen molar-refractivity contribution in [2.75, 3.05) is 47.9 Å². The molecule has 1 fully saturated rings. The highest BCUT2D eigenvalue weighted by molar-refractivity contribution is 5.29. The number of hydrogen-bond donors (Lipinski definition) is 1. The Morgan fingerprint density at radius 3 is 2.85 bits per heavy atom. The summed E-state index contributed by atoms with van der Waals surface area (Å²) in [6, 6.07) is 9.38. The van der Waals surface area contributed by atoms with Gasteiger partial charge in [0.25, 0.3) is 0 Å². The van der Waals surface area contributed by atoms with Crippen molar-refractivity contribution in [3.8, 4) is 5.75 Å². The van der Waals surface area contributed by atoms with Crippen LogP contribution in [0, 0.1) is 0 Å². The van der Waals surface area contributed by atoms with Gasteiger partial charge in [-0.2, -0.15) is 0 Å². The van der Waals surface area contributed by atoms with Gasteiger partial charge >= 0.3 is 0 Å². The molecule has 0 aliphatic carbocycles. The molecule has 0 saturated carbocycles. The van der Waals surface area contributed by atoms with Crippen LogP contribution in [0.5, 0.6) is 5.75 Å². The molecule has 0 amide bonds. The smallest absolute Gasteiger partial charge is 0.119 e. The highest BCUT2D eigenvalue weighted by atomic mass is 16.5. The molecule has 4 nitrogen and oxygen atoms in total. The highest BCUT2D eigenvalue weighted by Gasteiger charge is 2.28. The molecule has 20 heavy (non-hydrogen) atoms. The number of methoxy groups -OCH3 is 1. The number of nitrogens with one attached hydrogen (secondary N) is 1. The number of nitrogens with zero attached hydrogens (tertiary/aromatic N) is 2. The molecule has 1 aromatic carbocycles. The van der Waals surface area contributed by atoms with Gasteiger partial charge in [-0.25, -0.2) is 0 Å². The lowest BCUT2D eigenvalue weighted by molar-refractivity contribution is 0.0897. The summed E-state index contributed by atoms with van der Waals surface area (Å²) in [4.78, 5) is 4.89. The van der Waals surface area contributed by atoms with Gasteiger partial charge in [0.05, 0.1) is 7.11 Å². The van der Waals surface area contributed by atoms with Crippen molar-refractivity contribution in [3.63, 3.8) is 0 Å². The average molecular weight is 277 g/mol. The minimum absolute atomic E-state index is 0.454. The normalized spacial score (nSPS) is 22.7. The maximum absolute atomic E-state index is 5.31. The van der Waals surface area contributed by atoms with Crippen molar-refractivity contribution in [2.24, 2.45) is 0 Å². The third-order valence-electron chi connectivity index (χ3n) is 4.32. The summed E-state index contributed by atoms with van der Waals surface area (Å²) in [5, 5.41) is 3.50. The van der Waals surface area contributed by atoms with E-state index in [0.29, 0.717) is 12.1 Å². The Kier molecular flexibility index (Phi) is 5.40. The van der Waals surface area contributed by atoms with E-state index in [0.717, 1.165) is 31.8 Å². The van der Waals surface area contributed by atoms with Crippen LogP contribution in [0.25, 0.3) is 0 Å². The molecule has 1 aliphatic rings. The van der Waals surface area contributed by atoms with E-state index in [1.807, 2.05) is 6.07 Å². The molecule has 4 heteroatoms. The van der Waals surface area contributed by atoms with Crippen molar-refractivity contribution in [1.82, 2.24) is 15.1 Å². The van der Waals surface area contributed by atoms with Gasteiger partial charge < -0.3 is 15.0 Å². The van der Waals surface area contributed by atoms with Gasteiger partial charge in [-0.05, 0) is 45.3 Å². The monoisotopic (exact) mass is 277 g/mol. The summed E-state index contributed by atoms with van der Waals surface area (Å²) in [7, 11) is 8.22. The van der Waals surface area contributed by atoms with E-state index in [9.17, 15) is 0 Å². The first-order valence-corrected chi connectivity index (χ1v) is 7.33. The molecule has 1 N–H and O–H groups in total. The molecular weight excluding hydrogens is 250 g/mol. The number of piperazine rings is 1. The predicted molar refractivity (Wildman–Crippen MR) is 83.5 cm³/mol. The van der Waals surface area contributed by atoms with Gasteiger partial charge in [0, 0.05) is 31.7 Å². The van der Waals surface area contributed by atoms with Crippen LogP contribution in [0.4, 0.5) is 0 Å². The fourth-order valence-corrected chi connectivity index (χ4v) is 2.96. The summed E-state index contributed by atoms with van der Waals surface area (Å²) in [6.45, 7) is 3.41. The van der Waals surface area contributed by atoms with Gasteiger partial charge in [0.1, 0.15) is 5.75 Å². The molecule has 2 atom stereocenters. The summed E-state index contributed by atoms with van der Waals surface area (Å²) < 4.78 is 5.31. The molecule has 0 aromatic heterocycles. The summed E-state index contributed by atoms with van der Waals surface area (Å²) in [5.41, 5.74) is 1.32. The second-order valence-electron chi connectivity index (χ2n) is 5.76. The molecule has 2 unspecified atom stereocenters. The molecule has 0 spiro atoms. The first-order chi connectivity index (χ1) is 9.63. The topological polar surface area (TPSA) is 27.7 Å². The van der Waals surface area contributed by atoms with Crippen LogP contribution in [-0.2, 0) is 6.42 Å². The lowest BCUT2D eigenvalue weighted by Gasteiger charge is -2.42. The Morgan fingerprint density at radius 1 is 1.35 bits per heavy atom. The maximum Gasteiger partial charge on any atom is 0.119 e. The summed E-state index contributed by atoms with van der Waals surface area (Å²) >= 11 is 0. The fraction of sp³-hybridized carbons (Fsp3) is 0.625. The van der Waals surface area contributed by atoms with Crippen LogP contribution in [0.3, 0.4) is 0 Å². The number of ether oxygens (including phenoxy) is 1. The Labute approximate surface area is 122 Å². The van der Waals surface area contributed by atoms with Gasteiger partial charge in [-0.1, -0.05) is 12.1 Å². The molecule has 2 rings (SSSR count). The SMILES string of the molecule is CNC(Cc1cccc(OC)c1)C1CN(C)CCN1C. The van der Waals surface area contributed by atoms with E-state index in [1.165, 1.54) is 5.56 Å². The zero-order chi connectivity index (χ0) is 14.5. The Balaban J connectivity index is 2.07. The van der Waals surface area contributed by atoms with Crippen LogP contribution in [0.1, 0.15) is 5.56 Å². The summed E-state index contributed by atoms with van der Waals surface area (Å²) in [5.74, 6) is 0.937. The van der Waals surface area contributed by atoms with Crippen molar-refractivity contribution >= 4 is 0 Å². The fourth-order valence-electron chi connectivity index (χ4n) is 2.96. The second kappa shape index (κ2) is 7.07. The van der Waals surface area contributed by atoms with Crippen molar-refractivity contribution in [1.29, 1.82) is 0 Å². The number of hydrogen-bond acceptors (Lipinski definition) is 4. The lowest BCUT2D eigenvalue weighted by Crippen LogP contribution is -2.58. The lowest BCUT2D eigenvalue weighted by atomic mass is 9.96. The molecule has 1 aliphatic heterocycles. The van der Waals surface area contributed by atoms with Crippen molar-refractivity contribution < 1.29 is 4.74 Å². The van der Waals surface area contributed by atoms with Crippen molar-refractivity contribution in [2.45, 2.75) is 18.5 Å². The Hall–Kier alpha value is -1.10. The van der Waals surface area contributed by atoms with E-state index in [1.54, 1.807) is 7.11 Å². The van der Waals surface area contributed by atoms with E-state index < -0.39 is 0 Å². The molecule has 1 aromatic rings. The number of rotatable bonds is 5. The predicted octanol–water partition coefficient (Wildman–Crippen LogP) is 1.07. The van der Waals surface area contributed by atoms with Gasteiger partial charge in [-0.3, -0.25) is 4.90 Å². The van der Waals surface area contributed by atoms with Crippen LogP contribution >= 0.6 is 0 Å².